The average Bonchev–Trinajstić information content (AvgIpc) is 2.81. The molecule has 96 valence electrons. The van der Waals surface area contributed by atoms with Gasteiger partial charge in [-0.1, -0.05) is 41.9 Å². The molecule has 0 radical (unpaired) electrons. The van der Waals surface area contributed by atoms with Crippen LogP contribution in [0, 0.1) is 6.92 Å². The van der Waals surface area contributed by atoms with Gasteiger partial charge in [-0.05, 0) is 18.9 Å². The molecule has 0 aliphatic carbocycles. The molecule has 0 atom stereocenters. The number of hydrogen-bond acceptors (Lipinski definition) is 3. The molecule has 0 N–H and O–H groups in total. The second-order valence-corrected chi connectivity index (χ2v) is 4.81. The first-order valence-corrected chi connectivity index (χ1v) is 6.53. The number of benzene rings is 1. The molecule has 0 aliphatic rings. The third-order valence-electron chi connectivity index (χ3n) is 3.08. The van der Waals surface area contributed by atoms with Gasteiger partial charge in [0.25, 0.3) is 0 Å². The molecule has 0 aliphatic heterocycles. The van der Waals surface area contributed by atoms with Crippen LogP contribution in [0.2, 0.25) is 5.15 Å². The smallest absolute Gasteiger partial charge is 0.165 e. The van der Waals surface area contributed by atoms with E-state index in [-0.39, 0.29) is 0 Å². The highest BCUT2D eigenvalue weighted by atomic mass is 35.5. The SMILES string of the molecule is Cc1nc(Cl)cc2nnc(CCc3ccccc3)n12. The summed E-state index contributed by atoms with van der Waals surface area (Å²) < 4.78 is 1.95. The monoisotopic (exact) mass is 272 g/mol. The van der Waals surface area contributed by atoms with Crippen LogP contribution in [0.3, 0.4) is 0 Å². The van der Waals surface area contributed by atoms with Gasteiger partial charge in [0, 0.05) is 12.5 Å². The number of hydrogen-bond donors (Lipinski definition) is 0. The van der Waals surface area contributed by atoms with Gasteiger partial charge in [-0.2, -0.15) is 0 Å². The molecule has 0 amide bonds. The summed E-state index contributed by atoms with van der Waals surface area (Å²) in [4.78, 5) is 4.24. The van der Waals surface area contributed by atoms with Crippen molar-refractivity contribution in [2.45, 2.75) is 19.8 Å². The van der Waals surface area contributed by atoms with E-state index >= 15 is 0 Å². The van der Waals surface area contributed by atoms with E-state index in [9.17, 15) is 0 Å². The third-order valence-corrected chi connectivity index (χ3v) is 3.27. The summed E-state index contributed by atoms with van der Waals surface area (Å²) in [5, 5.41) is 8.82. The quantitative estimate of drug-likeness (QED) is 0.689. The molecule has 0 fully saturated rings. The van der Waals surface area contributed by atoms with Crippen molar-refractivity contribution in [1.29, 1.82) is 0 Å². The van der Waals surface area contributed by atoms with Crippen molar-refractivity contribution >= 4 is 17.2 Å². The zero-order valence-electron chi connectivity index (χ0n) is 10.5. The van der Waals surface area contributed by atoms with Crippen molar-refractivity contribution in [2.75, 3.05) is 0 Å². The summed E-state index contributed by atoms with van der Waals surface area (Å²) in [6, 6.07) is 12.1. The first-order chi connectivity index (χ1) is 9.24. The Bertz CT molecular complexity index is 706. The zero-order valence-corrected chi connectivity index (χ0v) is 11.3. The van der Waals surface area contributed by atoms with Gasteiger partial charge in [0.2, 0.25) is 0 Å². The molecule has 4 nitrogen and oxygen atoms in total. The van der Waals surface area contributed by atoms with Crippen molar-refractivity contribution < 1.29 is 0 Å². The highest BCUT2D eigenvalue weighted by Gasteiger charge is 2.09. The van der Waals surface area contributed by atoms with Gasteiger partial charge in [-0.25, -0.2) is 4.98 Å². The van der Waals surface area contributed by atoms with Crippen molar-refractivity contribution in [3.05, 3.63) is 58.8 Å². The lowest BCUT2D eigenvalue weighted by Crippen LogP contribution is -2.02. The Morgan fingerprint density at radius 1 is 1.11 bits per heavy atom. The minimum absolute atomic E-state index is 0.451. The normalized spacial score (nSPS) is 11.1. The largest absolute Gasteiger partial charge is 0.267 e. The van der Waals surface area contributed by atoms with Crippen molar-refractivity contribution in [3.8, 4) is 0 Å². The molecule has 2 heterocycles. The molecule has 0 unspecified atom stereocenters. The molecule has 0 spiro atoms. The standard InChI is InChI=1S/C14H13ClN4/c1-10-16-12(15)9-14-18-17-13(19(10)14)8-7-11-5-3-2-4-6-11/h2-6,9H,7-8H2,1H3. The fraction of sp³-hybridized carbons (Fsp3) is 0.214. The van der Waals surface area contributed by atoms with Crippen molar-refractivity contribution in [3.63, 3.8) is 0 Å². The molecular weight excluding hydrogens is 260 g/mol. The molecule has 19 heavy (non-hydrogen) atoms. The fourth-order valence-electron chi connectivity index (χ4n) is 2.18. The summed E-state index contributed by atoms with van der Waals surface area (Å²) in [5.74, 6) is 1.73. The van der Waals surface area contributed by atoms with Gasteiger partial charge >= 0.3 is 0 Å². The van der Waals surface area contributed by atoms with Gasteiger partial charge in [-0.3, -0.25) is 4.40 Å². The van der Waals surface area contributed by atoms with Crippen LogP contribution in [0.15, 0.2) is 36.4 Å². The summed E-state index contributed by atoms with van der Waals surface area (Å²) in [6.07, 6.45) is 1.76. The Morgan fingerprint density at radius 3 is 2.68 bits per heavy atom. The van der Waals surface area contributed by atoms with Gasteiger partial charge in [0.05, 0.1) is 0 Å². The molecule has 3 rings (SSSR count). The Hall–Kier alpha value is -1.94. The van der Waals surface area contributed by atoms with Gasteiger partial charge in [-0.15, -0.1) is 10.2 Å². The molecule has 1 aromatic carbocycles. The lowest BCUT2D eigenvalue weighted by molar-refractivity contribution is 0.815. The van der Waals surface area contributed by atoms with E-state index in [0.717, 1.165) is 30.1 Å². The number of aryl methyl sites for hydroxylation is 3. The highest BCUT2D eigenvalue weighted by Crippen LogP contribution is 2.13. The number of nitrogens with zero attached hydrogens (tertiary/aromatic N) is 4. The van der Waals surface area contributed by atoms with E-state index in [1.807, 2.05) is 29.5 Å². The van der Waals surface area contributed by atoms with Crippen LogP contribution in [-0.2, 0) is 12.8 Å². The molecule has 0 bridgehead atoms. The summed E-state index contributed by atoms with van der Waals surface area (Å²) >= 11 is 5.91. The number of aromatic nitrogens is 4. The van der Waals surface area contributed by atoms with Crippen LogP contribution in [0.4, 0.5) is 0 Å². The van der Waals surface area contributed by atoms with E-state index in [4.69, 9.17) is 11.6 Å². The van der Waals surface area contributed by atoms with Gasteiger partial charge < -0.3 is 0 Å². The first-order valence-electron chi connectivity index (χ1n) is 6.15. The maximum absolute atomic E-state index is 5.91. The highest BCUT2D eigenvalue weighted by molar-refractivity contribution is 6.29. The summed E-state index contributed by atoms with van der Waals surface area (Å²) in [7, 11) is 0. The molecule has 3 aromatic rings. The van der Waals surface area contributed by atoms with E-state index < -0.39 is 0 Å². The molecule has 2 aromatic heterocycles. The minimum atomic E-state index is 0.451. The predicted molar refractivity (Wildman–Crippen MR) is 74.4 cm³/mol. The topological polar surface area (TPSA) is 43.1 Å². The maximum Gasteiger partial charge on any atom is 0.165 e. The second-order valence-electron chi connectivity index (χ2n) is 4.42. The minimum Gasteiger partial charge on any atom is -0.267 e. The third kappa shape index (κ3) is 2.44. The van der Waals surface area contributed by atoms with Crippen molar-refractivity contribution in [2.24, 2.45) is 0 Å². The van der Waals surface area contributed by atoms with E-state index in [2.05, 4.69) is 27.3 Å². The Morgan fingerprint density at radius 2 is 1.89 bits per heavy atom. The Kier molecular flexibility index (Phi) is 3.17. The van der Waals surface area contributed by atoms with Crippen LogP contribution < -0.4 is 0 Å². The first kappa shape index (κ1) is 12.1. The van der Waals surface area contributed by atoms with Gasteiger partial charge in [0.1, 0.15) is 16.8 Å². The molecule has 0 saturated heterocycles. The van der Waals surface area contributed by atoms with Crippen LogP contribution in [0.5, 0.6) is 0 Å². The predicted octanol–water partition coefficient (Wildman–Crippen LogP) is 2.87. The van der Waals surface area contributed by atoms with E-state index in [0.29, 0.717) is 5.15 Å². The van der Waals surface area contributed by atoms with Crippen LogP contribution in [0.25, 0.3) is 5.65 Å². The van der Waals surface area contributed by atoms with E-state index in [1.54, 1.807) is 6.07 Å². The molecule has 0 saturated carbocycles. The van der Waals surface area contributed by atoms with Crippen LogP contribution in [-0.4, -0.2) is 19.6 Å². The average molecular weight is 273 g/mol. The second kappa shape index (κ2) is 4.97. The Balaban J connectivity index is 1.90. The lowest BCUT2D eigenvalue weighted by atomic mass is 10.1. The zero-order chi connectivity index (χ0) is 13.2. The van der Waals surface area contributed by atoms with Crippen molar-refractivity contribution in [1.82, 2.24) is 19.6 Å². The maximum atomic E-state index is 5.91. The van der Waals surface area contributed by atoms with Gasteiger partial charge in [0.15, 0.2) is 5.65 Å². The molecular formula is C14H13ClN4. The Labute approximate surface area is 116 Å². The number of fused-ring (bicyclic) bond motifs is 1. The number of rotatable bonds is 3. The summed E-state index contributed by atoms with van der Waals surface area (Å²) in [6.45, 7) is 1.91. The molecule has 5 heteroatoms. The fourth-order valence-corrected chi connectivity index (χ4v) is 2.40. The number of halogens is 1. The van der Waals surface area contributed by atoms with Crippen LogP contribution >= 0.6 is 11.6 Å². The van der Waals surface area contributed by atoms with Crippen LogP contribution in [0.1, 0.15) is 17.2 Å². The summed E-state index contributed by atoms with van der Waals surface area (Å²) in [5.41, 5.74) is 2.04. The van der Waals surface area contributed by atoms with E-state index in [1.165, 1.54) is 5.56 Å². The lowest BCUT2D eigenvalue weighted by Gasteiger charge is -2.03.